The van der Waals surface area contributed by atoms with Crippen LogP contribution in [0.15, 0.2) is 33.7 Å². The van der Waals surface area contributed by atoms with Gasteiger partial charge in [0.2, 0.25) is 10.0 Å². The molecular weight excluding hydrogens is 446 g/mol. The summed E-state index contributed by atoms with van der Waals surface area (Å²) in [7, 11) is -4.17. The topological polar surface area (TPSA) is 158 Å². The van der Waals surface area contributed by atoms with E-state index in [1.54, 1.807) is 6.92 Å². The molecule has 12 nitrogen and oxygen atoms in total. The van der Waals surface area contributed by atoms with E-state index in [0.29, 0.717) is 18.1 Å². The number of nitrogens with zero attached hydrogens (tertiary/aromatic N) is 2. The molecule has 32 heavy (non-hydrogen) atoms. The normalized spacial score (nSPS) is 20.7. The van der Waals surface area contributed by atoms with Crippen molar-refractivity contribution in [2.45, 2.75) is 30.4 Å². The van der Waals surface area contributed by atoms with Crippen molar-refractivity contribution in [3.8, 4) is 11.5 Å². The zero-order valence-electron chi connectivity index (χ0n) is 17.0. The molecule has 1 fully saturated rings. The molecule has 13 heteroatoms. The highest BCUT2D eigenvalue weighted by atomic mass is 32.2. The lowest BCUT2D eigenvalue weighted by Crippen LogP contribution is -2.42. The molecule has 1 aromatic carbocycles. The van der Waals surface area contributed by atoms with Crippen LogP contribution in [0.25, 0.3) is 0 Å². The third-order valence-electron chi connectivity index (χ3n) is 4.87. The molecule has 0 saturated carbocycles. The lowest BCUT2D eigenvalue weighted by Gasteiger charge is -2.24. The van der Waals surface area contributed by atoms with E-state index in [9.17, 15) is 23.1 Å². The van der Waals surface area contributed by atoms with Crippen LogP contribution in [0.4, 0.5) is 5.82 Å². The third kappa shape index (κ3) is 4.54. The van der Waals surface area contributed by atoms with Gasteiger partial charge in [0.1, 0.15) is 25.0 Å². The van der Waals surface area contributed by atoms with Crippen LogP contribution < -0.4 is 14.8 Å². The molecule has 2 aliphatic heterocycles. The Hall–Kier alpha value is -3.16. The van der Waals surface area contributed by atoms with E-state index in [0.717, 1.165) is 4.31 Å². The lowest BCUT2D eigenvalue weighted by molar-refractivity contribution is -0.150. The number of aliphatic hydroxyl groups is 1. The summed E-state index contributed by atoms with van der Waals surface area (Å²) in [6, 6.07) is 4.31. The first kappa shape index (κ1) is 22.0. The SMILES string of the molecule is Cc1cc(NC(=O)COC(=O)[C@@H]2C[C@H](O)CN2S(=O)(=O)c2ccc3c(c2)OCCO3)no1. The number of carbonyl (C=O) groups is 2. The first-order chi connectivity index (χ1) is 15.2. The van der Waals surface area contributed by atoms with Gasteiger partial charge in [-0.3, -0.25) is 9.59 Å². The summed E-state index contributed by atoms with van der Waals surface area (Å²) >= 11 is 0. The standard InChI is InChI=1S/C19H21N3O9S/c1-11-6-17(21-31-11)20-18(24)10-30-19(25)14-7-12(23)9-22(14)32(26,27)13-2-3-15-16(8-13)29-5-4-28-15/h2-3,6,8,12,14,23H,4-5,7,9-10H2,1H3,(H,20,21,24)/t12-,14-/m0/s1. The van der Waals surface area contributed by atoms with Crippen molar-refractivity contribution in [3.05, 3.63) is 30.0 Å². The molecule has 2 aliphatic rings. The van der Waals surface area contributed by atoms with Crippen molar-refractivity contribution in [1.29, 1.82) is 0 Å². The lowest BCUT2D eigenvalue weighted by atomic mass is 10.2. The van der Waals surface area contributed by atoms with Crippen molar-refractivity contribution >= 4 is 27.7 Å². The molecule has 1 aromatic heterocycles. The van der Waals surface area contributed by atoms with Crippen LogP contribution in [0.5, 0.6) is 11.5 Å². The van der Waals surface area contributed by atoms with Crippen molar-refractivity contribution in [1.82, 2.24) is 9.46 Å². The number of fused-ring (bicyclic) bond motifs is 1. The van der Waals surface area contributed by atoms with Gasteiger partial charge < -0.3 is 29.2 Å². The summed E-state index contributed by atoms with van der Waals surface area (Å²) in [4.78, 5) is 24.4. The van der Waals surface area contributed by atoms with Gasteiger partial charge in [-0.1, -0.05) is 5.16 Å². The number of sulfonamides is 1. The van der Waals surface area contributed by atoms with Crippen molar-refractivity contribution < 1.29 is 41.8 Å². The van der Waals surface area contributed by atoms with Gasteiger partial charge in [-0.25, -0.2) is 8.42 Å². The second-order valence-electron chi connectivity index (χ2n) is 7.26. The minimum atomic E-state index is -4.17. The summed E-state index contributed by atoms with van der Waals surface area (Å²) in [6.07, 6.45) is -1.22. The van der Waals surface area contributed by atoms with E-state index in [1.165, 1.54) is 24.3 Å². The van der Waals surface area contributed by atoms with Crippen molar-refractivity contribution in [2.75, 3.05) is 31.7 Å². The van der Waals surface area contributed by atoms with Crippen LogP contribution in [-0.4, -0.2) is 73.4 Å². The highest BCUT2D eigenvalue weighted by molar-refractivity contribution is 7.89. The van der Waals surface area contributed by atoms with E-state index in [1.807, 2.05) is 0 Å². The van der Waals surface area contributed by atoms with E-state index in [2.05, 4.69) is 10.5 Å². The van der Waals surface area contributed by atoms with Gasteiger partial charge in [0.25, 0.3) is 5.91 Å². The fraction of sp³-hybridized carbons (Fsp3) is 0.421. The molecule has 2 aromatic rings. The van der Waals surface area contributed by atoms with Crippen LogP contribution in [0.1, 0.15) is 12.2 Å². The summed E-state index contributed by atoms with van der Waals surface area (Å²) in [5.74, 6) is -0.294. The van der Waals surface area contributed by atoms with Crippen molar-refractivity contribution in [3.63, 3.8) is 0 Å². The first-order valence-corrected chi connectivity index (χ1v) is 11.2. The number of ether oxygens (including phenoxy) is 3. The fourth-order valence-electron chi connectivity index (χ4n) is 3.42. The van der Waals surface area contributed by atoms with Gasteiger partial charge in [0.05, 0.1) is 11.0 Å². The number of esters is 1. The van der Waals surface area contributed by atoms with Gasteiger partial charge in [-0.15, -0.1) is 0 Å². The van der Waals surface area contributed by atoms with E-state index in [-0.39, 0.29) is 36.0 Å². The molecule has 0 unspecified atom stereocenters. The Bertz CT molecular complexity index is 1130. The quantitative estimate of drug-likeness (QED) is 0.557. The second-order valence-corrected chi connectivity index (χ2v) is 9.15. The number of benzene rings is 1. The third-order valence-corrected chi connectivity index (χ3v) is 6.74. The summed E-state index contributed by atoms with van der Waals surface area (Å²) < 4.78 is 47.9. The number of carbonyl (C=O) groups excluding carboxylic acids is 2. The van der Waals surface area contributed by atoms with E-state index in [4.69, 9.17) is 18.7 Å². The molecule has 1 saturated heterocycles. The monoisotopic (exact) mass is 467 g/mol. The summed E-state index contributed by atoms with van der Waals surface area (Å²) in [5, 5.41) is 16.0. The van der Waals surface area contributed by atoms with Gasteiger partial charge in [-0.05, 0) is 19.1 Å². The van der Waals surface area contributed by atoms with Gasteiger partial charge in [0.15, 0.2) is 23.9 Å². The molecule has 2 N–H and O–H groups in total. The Balaban J connectivity index is 1.45. The highest BCUT2D eigenvalue weighted by Crippen LogP contribution is 2.35. The number of amides is 1. The van der Waals surface area contributed by atoms with Gasteiger partial charge in [-0.2, -0.15) is 4.31 Å². The number of rotatable bonds is 6. The van der Waals surface area contributed by atoms with Crippen LogP contribution >= 0.6 is 0 Å². The number of nitrogens with one attached hydrogen (secondary N) is 1. The average Bonchev–Trinajstić information content (AvgIpc) is 3.37. The second kappa shape index (κ2) is 8.76. The Labute approximate surface area is 183 Å². The minimum Gasteiger partial charge on any atom is -0.486 e. The van der Waals surface area contributed by atoms with Crippen LogP contribution in [0.2, 0.25) is 0 Å². The maximum absolute atomic E-state index is 13.2. The average molecular weight is 467 g/mol. The van der Waals surface area contributed by atoms with Gasteiger partial charge >= 0.3 is 5.97 Å². The Morgan fingerprint density at radius 2 is 2.00 bits per heavy atom. The molecule has 4 rings (SSSR count). The van der Waals surface area contributed by atoms with E-state index < -0.39 is 40.7 Å². The zero-order chi connectivity index (χ0) is 22.9. The van der Waals surface area contributed by atoms with E-state index >= 15 is 0 Å². The van der Waals surface area contributed by atoms with Crippen molar-refractivity contribution in [2.24, 2.45) is 0 Å². The summed E-state index contributed by atoms with van der Waals surface area (Å²) in [5.41, 5.74) is 0. The molecule has 0 spiro atoms. The molecule has 1 amide bonds. The molecule has 172 valence electrons. The number of hydrogen-bond acceptors (Lipinski definition) is 10. The predicted octanol–water partition coefficient (Wildman–Crippen LogP) is 0.0600. The maximum atomic E-state index is 13.2. The number of aryl methyl sites for hydroxylation is 1. The van der Waals surface area contributed by atoms with Crippen LogP contribution in [0.3, 0.4) is 0 Å². The smallest absolute Gasteiger partial charge is 0.325 e. The Morgan fingerprint density at radius 1 is 1.25 bits per heavy atom. The van der Waals surface area contributed by atoms with Crippen LogP contribution in [-0.2, 0) is 24.3 Å². The molecular formula is C19H21N3O9S. The van der Waals surface area contributed by atoms with Crippen LogP contribution in [0, 0.1) is 6.92 Å². The first-order valence-electron chi connectivity index (χ1n) is 9.73. The number of aliphatic hydroxyl groups excluding tert-OH is 1. The largest absolute Gasteiger partial charge is 0.486 e. The highest BCUT2D eigenvalue weighted by Gasteiger charge is 2.44. The van der Waals surface area contributed by atoms with Gasteiger partial charge in [0, 0.05) is 25.1 Å². The molecule has 0 aliphatic carbocycles. The molecule has 2 atom stereocenters. The number of β-amino-alcohol motifs (C(OH)–C–C–N with tert-alkyl or cyclic N) is 1. The summed E-state index contributed by atoms with van der Waals surface area (Å²) in [6.45, 7) is 1.33. The Kier molecular flexibility index (Phi) is 6.04. The number of anilines is 1. The fourth-order valence-corrected chi connectivity index (χ4v) is 5.06. The molecule has 0 bridgehead atoms. The Morgan fingerprint density at radius 3 is 2.72 bits per heavy atom. The molecule has 0 radical (unpaired) electrons. The number of hydrogen-bond donors (Lipinski definition) is 2. The molecule has 3 heterocycles. The number of aromatic nitrogens is 1. The zero-order valence-corrected chi connectivity index (χ0v) is 17.8. The maximum Gasteiger partial charge on any atom is 0.325 e. The minimum absolute atomic E-state index is 0.118. The predicted molar refractivity (Wildman–Crippen MR) is 107 cm³/mol.